The number of hydrogen-bond acceptors (Lipinski definition) is 6. The number of aryl methyl sites for hydroxylation is 1. The highest BCUT2D eigenvalue weighted by atomic mass is 16.5. The number of esters is 1. The zero-order valence-corrected chi connectivity index (χ0v) is 14.4. The second-order valence-corrected chi connectivity index (χ2v) is 5.64. The highest BCUT2D eigenvalue weighted by molar-refractivity contribution is 5.89. The number of methoxy groups -OCH3 is 1. The molecule has 128 valence electrons. The standard InChI is InChI=1S/C18H24N4O2/c1-4-5-10-20-16-15(12(2)21-18(19)22-16)11-13-6-8-14(9-7-13)17(23)24-3/h6-9H,4-5,10-11H2,1-3H3,(H3,19,20,21,22). The third-order valence-corrected chi connectivity index (χ3v) is 3.81. The van der Waals surface area contributed by atoms with Gasteiger partial charge in [0.25, 0.3) is 0 Å². The topological polar surface area (TPSA) is 90.1 Å². The third-order valence-electron chi connectivity index (χ3n) is 3.81. The first-order valence-corrected chi connectivity index (χ1v) is 8.09. The van der Waals surface area contributed by atoms with E-state index in [-0.39, 0.29) is 11.9 Å². The van der Waals surface area contributed by atoms with Gasteiger partial charge in [-0.3, -0.25) is 0 Å². The molecule has 0 bridgehead atoms. The Morgan fingerprint density at radius 2 is 1.96 bits per heavy atom. The Bertz CT molecular complexity index is 699. The van der Waals surface area contributed by atoms with Gasteiger partial charge in [0.05, 0.1) is 12.7 Å². The van der Waals surface area contributed by atoms with E-state index < -0.39 is 0 Å². The molecule has 24 heavy (non-hydrogen) atoms. The van der Waals surface area contributed by atoms with E-state index in [2.05, 4.69) is 22.2 Å². The number of unbranched alkanes of at least 4 members (excludes halogenated alkanes) is 1. The van der Waals surface area contributed by atoms with Gasteiger partial charge in [-0.25, -0.2) is 9.78 Å². The van der Waals surface area contributed by atoms with Crippen molar-refractivity contribution in [1.82, 2.24) is 9.97 Å². The lowest BCUT2D eigenvalue weighted by Crippen LogP contribution is -2.11. The van der Waals surface area contributed by atoms with Crippen LogP contribution in [-0.4, -0.2) is 29.6 Å². The molecular formula is C18H24N4O2. The molecule has 0 saturated heterocycles. The van der Waals surface area contributed by atoms with Crippen molar-refractivity contribution in [2.24, 2.45) is 0 Å². The first-order chi connectivity index (χ1) is 11.5. The Morgan fingerprint density at radius 1 is 1.25 bits per heavy atom. The lowest BCUT2D eigenvalue weighted by atomic mass is 10.0. The number of ether oxygens (including phenoxy) is 1. The fraction of sp³-hybridized carbons (Fsp3) is 0.389. The van der Waals surface area contributed by atoms with E-state index in [0.29, 0.717) is 12.0 Å². The summed E-state index contributed by atoms with van der Waals surface area (Å²) >= 11 is 0. The van der Waals surface area contributed by atoms with E-state index in [0.717, 1.165) is 42.0 Å². The van der Waals surface area contributed by atoms with Gasteiger partial charge in [-0.05, 0) is 31.0 Å². The summed E-state index contributed by atoms with van der Waals surface area (Å²) in [4.78, 5) is 20.1. The van der Waals surface area contributed by atoms with Gasteiger partial charge in [0.15, 0.2) is 0 Å². The fourth-order valence-electron chi connectivity index (χ4n) is 2.44. The Hall–Kier alpha value is -2.63. The maximum atomic E-state index is 11.5. The van der Waals surface area contributed by atoms with Crippen molar-refractivity contribution in [2.45, 2.75) is 33.1 Å². The van der Waals surface area contributed by atoms with Gasteiger partial charge < -0.3 is 15.8 Å². The molecule has 6 heteroatoms. The molecule has 0 amide bonds. The van der Waals surface area contributed by atoms with Gasteiger partial charge >= 0.3 is 5.97 Å². The molecule has 1 heterocycles. The number of rotatable bonds is 7. The summed E-state index contributed by atoms with van der Waals surface area (Å²) in [6.07, 6.45) is 2.84. The molecule has 0 saturated carbocycles. The van der Waals surface area contributed by atoms with Crippen LogP contribution in [0.2, 0.25) is 0 Å². The van der Waals surface area contributed by atoms with E-state index in [1.54, 1.807) is 12.1 Å². The van der Waals surface area contributed by atoms with Crippen molar-refractivity contribution in [1.29, 1.82) is 0 Å². The van der Waals surface area contributed by atoms with Crippen LogP contribution in [0.25, 0.3) is 0 Å². The molecule has 0 atom stereocenters. The molecule has 1 aromatic heterocycles. The van der Waals surface area contributed by atoms with Gasteiger partial charge in [-0.15, -0.1) is 0 Å². The second kappa shape index (κ2) is 8.29. The summed E-state index contributed by atoms with van der Waals surface area (Å²) in [7, 11) is 1.37. The quantitative estimate of drug-likeness (QED) is 0.600. The Kier molecular flexibility index (Phi) is 6.12. The predicted molar refractivity (Wildman–Crippen MR) is 95.2 cm³/mol. The molecule has 0 radical (unpaired) electrons. The number of carbonyl (C=O) groups is 1. The average molecular weight is 328 g/mol. The van der Waals surface area contributed by atoms with Crippen LogP contribution in [0.3, 0.4) is 0 Å². The van der Waals surface area contributed by atoms with Crippen molar-refractivity contribution in [3.63, 3.8) is 0 Å². The molecule has 0 fully saturated rings. The van der Waals surface area contributed by atoms with Crippen molar-refractivity contribution in [3.05, 3.63) is 46.6 Å². The van der Waals surface area contributed by atoms with Crippen molar-refractivity contribution < 1.29 is 9.53 Å². The van der Waals surface area contributed by atoms with E-state index in [4.69, 9.17) is 10.5 Å². The summed E-state index contributed by atoms with van der Waals surface area (Å²) in [6.45, 7) is 4.92. The van der Waals surface area contributed by atoms with E-state index in [1.165, 1.54) is 7.11 Å². The van der Waals surface area contributed by atoms with Crippen LogP contribution >= 0.6 is 0 Å². The van der Waals surface area contributed by atoms with Crippen LogP contribution < -0.4 is 11.1 Å². The predicted octanol–water partition coefficient (Wildman–Crippen LogP) is 2.96. The molecule has 0 aliphatic rings. The highest BCUT2D eigenvalue weighted by Gasteiger charge is 2.12. The Balaban J connectivity index is 2.23. The minimum absolute atomic E-state index is 0.274. The summed E-state index contributed by atoms with van der Waals surface area (Å²) in [5.41, 5.74) is 9.26. The lowest BCUT2D eigenvalue weighted by molar-refractivity contribution is 0.0600. The second-order valence-electron chi connectivity index (χ2n) is 5.64. The fourth-order valence-corrected chi connectivity index (χ4v) is 2.44. The van der Waals surface area contributed by atoms with Crippen LogP contribution in [0.1, 0.15) is 46.9 Å². The van der Waals surface area contributed by atoms with Crippen molar-refractivity contribution in [3.8, 4) is 0 Å². The minimum atomic E-state index is -0.338. The smallest absolute Gasteiger partial charge is 0.337 e. The Labute approximate surface area is 142 Å². The summed E-state index contributed by atoms with van der Waals surface area (Å²) in [6, 6.07) is 7.35. The summed E-state index contributed by atoms with van der Waals surface area (Å²) in [5.74, 6) is 0.720. The number of anilines is 2. The van der Waals surface area contributed by atoms with Crippen LogP contribution in [0.5, 0.6) is 0 Å². The minimum Gasteiger partial charge on any atom is -0.465 e. The monoisotopic (exact) mass is 328 g/mol. The molecule has 2 aromatic rings. The van der Waals surface area contributed by atoms with Gasteiger partial charge in [0.2, 0.25) is 5.95 Å². The first kappa shape index (κ1) is 17.7. The number of hydrogen-bond donors (Lipinski definition) is 2. The van der Waals surface area contributed by atoms with E-state index in [9.17, 15) is 4.79 Å². The number of nitrogen functional groups attached to an aromatic ring is 1. The number of carbonyl (C=O) groups excluding carboxylic acids is 1. The van der Waals surface area contributed by atoms with Gasteiger partial charge in [0, 0.05) is 24.2 Å². The number of benzene rings is 1. The molecule has 0 aliphatic carbocycles. The van der Waals surface area contributed by atoms with Gasteiger partial charge in [0.1, 0.15) is 5.82 Å². The maximum absolute atomic E-state index is 11.5. The van der Waals surface area contributed by atoms with E-state index in [1.807, 2.05) is 19.1 Å². The molecule has 1 aromatic carbocycles. The zero-order chi connectivity index (χ0) is 17.5. The molecular weight excluding hydrogens is 304 g/mol. The maximum Gasteiger partial charge on any atom is 0.337 e. The number of nitrogens with one attached hydrogen (secondary N) is 1. The van der Waals surface area contributed by atoms with E-state index >= 15 is 0 Å². The van der Waals surface area contributed by atoms with Crippen LogP contribution in [0, 0.1) is 6.92 Å². The first-order valence-electron chi connectivity index (χ1n) is 8.09. The molecule has 3 N–H and O–H groups in total. The zero-order valence-electron chi connectivity index (χ0n) is 14.4. The van der Waals surface area contributed by atoms with Crippen LogP contribution in [-0.2, 0) is 11.2 Å². The largest absolute Gasteiger partial charge is 0.465 e. The molecule has 0 spiro atoms. The number of nitrogens with two attached hydrogens (primary N) is 1. The third kappa shape index (κ3) is 4.44. The molecule has 0 aliphatic heterocycles. The lowest BCUT2D eigenvalue weighted by Gasteiger charge is -2.14. The van der Waals surface area contributed by atoms with Gasteiger partial charge in [-0.2, -0.15) is 4.98 Å². The van der Waals surface area contributed by atoms with Crippen molar-refractivity contribution >= 4 is 17.7 Å². The highest BCUT2D eigenvalue weighted by Crippen LogP contribution is 2.21. The average Bonchev–Trinajstić information content (AvgIpc) is 2.58. The van der Waals surface area contributed by atoms with Crippen molar-refractivity contribution in [2.75, 3.05) is 24.7 Å². The number of aromatic nitrogens is 2. The molecule has 0 unspecified atom stereocenters. The normalized spacial score (nSPS) is 10.5. The Morgan fingerprint density at radius 3 is 2.58 bits per heavy atom. The number of nitrogens with zero attached hydrogens (tertiary/aromatic N) is 2. The van der Waals surface area contributed by atoms with Crippen LogP contribution in [0.15, 0.2) is 24.3 Å². The summed E-state index contributed by atoms with van der Waals surface area (Å²) in [5, 5.41) is 3.35. The van der Waals surface area contributed by atoms with Crippen LogP contribution in [0.4, 0.5) is 11.8 Å². The molecule has 2 rings (SSSR count). The molecule has 6 nitrogen and oxygen atoms in total. The SMILES string of the molecule is CCCCNc1nc(N)nc(C)c1Cc1ccc(C(=O)OC)cc1. The van der Waals surface area contributed by atoms with Gasteiger partial charge in [-0.1, -0.05) is 25.5 Å². The summed E-state index contributed by atoms with van der Waals surface area (Å²) < 4.78 is 4.72.